The van der Waals surface area contributed by atoms with Gasteiger partial charge in [-0.1, -0.05) is 83.8 Å². The Bertz CT molecular complexity index is 538. The topological polar surface area (TPSA) is 9.23 Å². The Kier molecular flexibility index (Phi) is 9.91. The van der Waals surface area contributed by atoms with Crippen LogP contribution in [0.4, 0.5) is 0 Å². The van der Waals surface area contributed by atoms with Crippen LogP contribution in [0, 0.1) is 17.8 Å². The van der Waals surface area contributed by atoms with Gasteiger partial charge in [0.25, 0.3) is 0 Å². The molecule has 0 amide bonds. The Morgan fingerprint density at radius 2 is 1.41 bits per heavy atom. The molecule has 0 bridgehead atoms. The molecule has 2 saturated carbocycles. The van der Waals surface area contributed by atoms with E-state index in [1.165, 1.54) is 102 Å². The molecule has 1 nitrogen and oxygen atoms in total. The van der Waals surface area contributed by atoms with E-state index in [0.29, 0.717) is 0 Å². The molecule has 1 aromatic rings. The number of ether oxygens (including phenoxy) is 1. The Morgan fingerprint density at radius 3 is 2.07 bits per heavy atom. The molecule has 1 heteroatoms. The zero-order valence-corrected chi connectivity index (χ0v) is 19.3. The van der Waals surface area contributed by atoms with E-state index in [1.54, 1.807) is 0 Å². The van der Waals surface area contributed by atoms with E-state index in [0.717, 1.165) is 36.0 Å². The zero-order chi connectivity index (χ0) is 20.3. The van der Waals surface area contributed by atoms with Gasteiger partial charge in [-0.15, -0.1) is 0 Å². The van der Waals surface area contributed by atoms with E-state index < -0.39 is 0 Å². The van der Waals surface area contributed by atoms with Gasteiger partial charge in [0.2, 0.25) is 0 Å². The molecule has 2 atom stereocenters. The second-order valence-electron chi connectivity index (χ2n) is 10.0. The summed E-state index contributed by atoms with van der Waals surface area (Å²) in [7, 11) is 0. The summed E-state index contributed by atoms with van der Waals surface area (Å²) in [6, 6.07) is 9.12. The molecule has 0 heterocycles. The van der Waals surface area contributed by atoms with Gasteiger partial charge in [-0.2, -0.15) is 0 Å². The first-order valence-corrected chi connectivity index (χ1v) is 13.0. The summed E-state index contributed by atoms with van der Waals surface area (Å²) in [5.74, 6) is 4.80. The van der Waals surface area contributed by atoms with Gasteiger partial charge in [0.1, 0.15) is 5.75 Å². The van der Waals surface area contributed by atoms with E-state index >= 15 is 0 Å². The Balaban J connectivity index is 1.35. The van der Waals surface area contributed by atoms with Crippen molar-refractivity contribution in [2.45, 2.75) is 116 Å². The first-order valence-electron chi connectivity index (χ1n) is 13.0. The summed E-state index contributed by atoms with van der Waals surface area (Å²) in [5, 5.41) is 0. The van der Waals surface area contributed by atoms with Crippen LogP contribution in [0.5, 0.6) is 5.75 Å². The SMILES string of the molecule is CCCCC1CCC(c2ccc(OCCCC3CCCCC3CCC)cc2)CC1. The summed E-state index contributed by atoms with van der Waals surface area (Å²) in [6.45, 7) is 5.54. The number of hydrogen-bond acceptors (Lipinski definition) is 1. The minimum atomic E-state index is 0.781. The highest BCUT2D eigenvalue weighted by Gasteiger charge is 2.24. The van der Waals surface area contributed by atoms with Crippen molar-refractivity contribution in [3.63, 3.8) is 0 Å². The van der Waals surface area contributed by atoms with Crippen LogP contribution in [0.2, 0.25) is 0 Å². The molecule has 0 spiro atoms. The molecule has 164 valence electrons. The van der Waals surface area contributed by atoms with Crippen molar-refractivity contribution < 1.29 is 4.74 Å². The van der Waals surface area contributed by atoms with Crippen LogP contribution in [0.15, 0.2) is 24.3 Å². The fourth-order valence-electron chi connectivity index (χ4n) is 6.06. The van der Waals surface area contributed by atoms with Crippen molar-refractivity contribution >= 4 is 0 Å². The maximum absolute atomic E-state index is 6.10. The Labute approximate surface area is 181 Å². The Morgan fingerprint density at radius 1 is 0.724 bits per heavy atom. The summed E-state index contributed by atoms with van der Waals surface area (Å²) in [5.41, 5.74) is 1.54. The lowest BCUT2D eigenvalue weighted by molar-refractivity contribution is 0.193. The van der Waals surface area contributed by atoms with Gasteiger partial charge in [-0.25, -0.2) is 0 Å². The van der Waals surface area contributed by atoms with Crippen LogP contribution in [-0.4, -0.2) is 6.61 Å². The first kappa shape index (κ1) is 22.7. The molecule has 0 aliphatic heterocycles. The lowest BCUT2D eigenvalue weighted by Gasteiger charge is -2.31. The minimum absolute atomic E-state index is 0.781. The number of unbranched alkanes of at least 4 members (excludes halogenated alkanes) is 1. The molecule has 0 N–H and O–H groups in total. The van der Waals surface area contributed by atoms with Crippen LogP contribution >= 0.6 is 0 Å². The average molecular weight is 399 g/mol. The van der Waals surface area contributed by atoms with E-state index in [4.69, 9.17) is 4.74 Å². The van der Waals surface area contributed by atoms with Crippen molar-refractivity contribution in [2.75, 3.05) is 6.61 Å². The van der Waals surface area contributed by atoms with Crippen molar-refractivity contribution in [1.82, 2.24) is 0 Å². The third-order valence-corrected chi connectivity index (χ3v) is 7.88. The lowest BCUT2D eigenvalue weighted by Crippen LogP contribution is -2.20. The number of benzene rings is 1. The van der Waals surface area contributed by atoms with E-state index in [2.05, 4.69) is 38.1 Å². The van der Waals surface area contributed by atoms with Gasteiger partial charge < -0.3 is 4.74 Å². The zero-order valence-electron chi connectivity index (χ0n) is 19.3. The van der Waals surface area contributed by atoms with Crippen LogP contribution in [0.25, 0.3) is 0 Å². The molecule has 2 aliphatic rings. The second-order valence-corrected chi connectivity index (χ2v) is 10.0. The molecule has 3 rings (SSSR count). The largest absolute Gasteiger partial charge is 0.494 e. The second kappa shape index (κ2) is 12.7. The van der Waals surface area contributed by atoms with Gasteiger partial charge >= 0.3 is 0 Å². The minimum Gasteiger partial charge on any atom is -0.494 e. The molecule has 0 radical (unpaired) electrons. The fraction of sp³-hybridized carbons (Fsp3) is 0.786. The molecule has 2 unspecified atom stereocenters. The van der Waals surface area contributed by atoms with E-state index in [9.17, 15) is 0 Å². The first-order chi connectivity index (χ1) is 14.3. The van der Waals surface area contributed by atoms with Gasteiger partial charge in [0, 0.05) is 0 Å². The van der Waals surface area contributed by atoms with Crippen molar-refractivity contribution in [1.29, 1.82) is 0 Å². The standard InChI is InChI=1S/C28H46O/c1-3-5-10-23-14-16-26(17-15-23)27-18-20-28(21-19-27)29-22-8-13-25-12-7-6-11-24(25)9-4-2/h18-21,23-26H,3-17,22H2,1-2H3. The normalized spacial score (nSPS) is 27.7. The molecule has 2 aliphatic carbocycles. The van der Waals surface area contributed by atoms with Gasteiger partial charge in [0.15, 0.2) is 0 Å². The van der Waals surface area contributed by atoms with Gasteiger partial charge in [0.05, 0.1) is 6.61 Å². The van der Waals surface area contributed by atoms with Crippen molar-refractivity contribution in [2.24, 2.45) is 17.8 Å². The van der Waals surface area contributed by atoms with Crippen molar-refractivity contribution in [3.8, 4) is 5.75 Å². The summed E-state index contributed by atoms with van der Waals surface area (Å²) >= 11 is 0. The number of rotatable bonds is 11. The van der Waals surface area contributed by atoms with Gasteiger partial charge in [-0.05, 0) is 79.9 Å². The summed E-state index contributed by atoms with van der Waals surface area (Å²) in [6.07, 6.45) is 21.1. The summed E-state index contributed by atoms with van der Waals surface area (Å²) in [4.78, 5) is 0. The predicted molar refractivity (Wildman–Crippen MR) is 126 cm³/mol. The molecular weight excluding hydrogens is 352 g/mol. The Hall–Kier alpha value is -0.980. The smallest absolute Gasteiger partial charge is 0.119 e. The van der Waals surface area contributed by atoms with Gasteiger partial charge in [-0.3, -0.25) is 0 Å². The third-order valence-electron chi connectivity index (χ3n) is 7.88. The average Bonchev–Trinajstić information content (AvgIpc) is 2.77. The maximum atomic E-state index is 6.10. The molecule has 0 saturated heterocycles. The molecule has 2 fully saturated rings. The quantitative estimate of drug-likeness (QED) is 0.338. The molecular formula is C28H46O. The fourth-order valence-corrected chi connectivity index (χ4v) is 6.06. The maximum Gasteiger partial charge on any atom is 0.119 e. The van der Waals surface area contributed by atoms with Crippen molar-refractivity contribution in [3.05, 3.63) is 29.8 Å². The highest BCUT2D eigenvalue weighted by molar-refractivity contribution is 5.29. The summed E-state index contributed by atoms with van der Waals surface area (Å²) < 4.78 is 6.10. The molecule has 29 heavy (non-hydrogen) atoms. The van der Waals surface area contributed by atoms with Crippen LogP contribution in [-0.2, 0) is 0 Å². The van der Waals surface area contributed by atoms with Crippen LogP contribution in [0.3, 0.4) is 0 Å². The third kappa shape index (κ3) is 7.34. The number of hydrogen-bond donors (Lipinski definition) is 0. The predicted octanol–water partition coefficient (Wildman–Crippen LogP) is 8.92. The van der Waals surface area contributed by atoms with Crippen LogP contribution < -0.4 is 4.74 Å². The van der Waals surface area contributed by atoms with Crippen LogP contribution in [0.1, 0.15) is 122 Å². The lowest BCUT2D eigenvalue weighted by atomic mass is 9.75. The highest BCUT2D eigenvalue weighted by atomic mass is 16.5. The van der Waals surface area contributed by atoms with E-state index in [-0.39, 0.29) is 0 Å². The van der Waals surface area contributed by atoms with E-state index in [1.807, 2.05) is 0 Å². The molecule has 0 aromatic heterocycles. The molecule has 1 aromatic carbocycles. The highest BCUT2D eigenvalue weighted by Crippen LogP contribution is 2.38. The monoisotopic (exact) mass is 398 g/mol.